The minimum Gasteiger partial charge on any atom is -0.219 e. The topological polar surface area (TPSA) is 60.4 Å². The average molecular weight is 885 g/mol. The zero-order valence-corrected chi connectivity index (χ0v) is 38.1. The number of aromatic nitrogens is 6. The number of rotatable bonds is 8. The van der Waals surface area contributed by atoms with Gasteiger partial charge in [-0.3, -0.25) is 0 Å². The Hall–Kier alpha value is -9.00. The van der Waals surface area contributed by atoms with Crippen LogP contribution in [0.25, 0.3) is 112 Å². The Morgan fingerprint density at radius 1 is 0.290 bits per heavy atom. The molecule has 0 atom stereocenters. The van der Waals surface area contributed by atoms with Gasteiger partial charge in [0.25, 0.3) is 0 Å². The van der Waals surface area contributed by atoms with Crippen molar-refractivity contribution in [2.45, 2.75) is 19.3 Å². The van der Waals surface area contributed by atoms with Crippen molar-refractivity contribution in [2.75, 3.05) is 0 Å². The second-order valence-corrected chi connectivity index (χ2v) is 18.5. The summed E-state index contributed by atoms with van der Waals surface area (Å²) in [5.41, 5.74) is 21.5. The Labute approximate surface area is 400 Å². The highest BCUT2D eigenvalue weighted by molar-refractivity contribution is 5.88. The van der Waals surface area contributed by atoms with Crippen molar-refractivity contribution in [3.63, 3.8) is 0 Å². The summed E-state index contributed by atoms with van der Waals surface area (Å²) in [5, 5.41) is 10.5. The van der Waals surface area contributed by atoms with Gasteiger partial charge in [0.1, 0.15) is 0 Å². The molecule has 0 aliphatic heterocycles. The highest BCUT2D eigenvalue weighted by atomic mass is 15.3. The Morgan fingerprint density at radius 3 is 1.19 bits per heavy atom. The first kappa shape index (κ1) is 40.3. The van der Waals surface area contributed by atoms with Gasteiger partial charge in [-0.25, -0.2) is 19.0 Å². The molecule has 12 aromatic rings. The van der Waals surface area contributed by atoms with Crippen LogP contribution < -0.4 is 0 Å². The standard InChI is InChI=1S/C63H44N6/c1-63(2)57-26-16-15-25-53(57)54-32-31-47(38-58(54)63)43-27-29-44(30-28-43)48-33-49(59-64-61-55(45-21-11-5-12-22-45)36-51(39-68(61)66-59)41-17-7-3-8-18-41)35-50(34-48)60-65-62-56(46-23-13-6-14-24-46)37-52(40-69(62)67-60)42-19-9-4-10-20-42/h3-40H,1-2H3. The Kier molecular flexibility index (Phi) is 9.41. The van der Waals surface area contributed by atoms with Crippen molar-refractivity contribution < 1.29 is 0 Å². The molecule has 0 radical (unpaired) electrons. The van der Waals surface area contributed by atoms with E-state index >= 15 is 0 Å². The summed E-state index contributed by atoms with van der Waals surface area (Å²) in [6, 6.07) is 77.4. The van der Waals surface area contributed by atoms with E-state index in [1.165, 1.54) is 33.4 Å². The zero-order valence-electron chi connectivity index (χ0n) is 38.1. The molecule has 13 rings (SSSR count). The van der Waals surface area contributed by atoms with Crippen LogP contribution >= 0.6 is 0 Å². The molecule has 0 unspecified atom stereocenters. The van der Waals surface area contributed by atoms with Crippen LogP contribution in [-0.4, -0.2) is 29.2 Å². The molecule has 4 heterocycles. The molecule has 0 spiro atoms. The quantitative estimate of drug-likeness (QED) is 0.153. The van der Waals surface area contributed by atoms with E-state index in [0.717, 1.165) is 78.1 Å². The summed E-state index contributed by atoms with van der Waals surface area (Å²) < 4.78 is 3.86. The minimum absolute atomic E-state index is 0.0768. The van der Waals surface area contributed by atoms with Crippen LogP contribution in [0.3, 0.4) is 0 Å². The van der Waals surface area contributed by atoms with Gasteiger partial charge in [-0.2, -0.15) is 0 Å². The molecule has 1 aliphatic carbocycles. The second kappa shape index (κ2) is 16.1. The van der Waals surface area contributed by atoms with Gasteiger partial charge in [-0.15, -0.1) is 10.2 Å². The van der Waals surface area contributed by atoms with E-state index in [9.17, 15) is 0 Å². The second-order valence-electron chi connectivity index (χ2n) is 18.5. The normalized spacial score (nSPS) is 12.6. The third-order valence-electron chi connectivity index (χ3n) is 13.8. The van der Waals surface area contributed by atoms with E-state index in [1.54, 1.807) is 0 Å². The largest absolute Gasteiger partial charge is 0.219 e. The molecule has 0 saturated heterocycles. The summed E-state index contributed by atoms with van der Waals surface area (Å²) in [6.07, 6.45) is 4.16. The van der Waals surface area contributed by atoms with Crippen LogP contribution in [0.5, 0.6) is 0 Å². The molecule has 0 N–H and O–H groups in total. The lowest BCUT2D eigenvalue weighted by Gasteiger charge is -2.22. The molecule has 0 saturated carbocycles. The molecule has 1 aliphatic rings. The average Bonchev–Trinajstić information content (AvgIpc) is 4.12. The van der Waals surface area contributed by atoms with Crippen LogP contribution in [0, 0.1) is 0 Å². The molecule has 8 aromatic carbocycles. The Balaban J connectivity index is 0.970. The molecule has 4 aromatic heterocycles. The molecular weight excluding hydrogens is 841 g/mol. The lowest BCUT2D eigenvalue weighted by atomic mass is 9.81. The van der Waals surface area contributed by atoms with E-state index in [-0.39, 0.29) is 5.41 Å². The fourth-order valence-electron chi connectivity index (χ4n) is 10.2. The van der Waals surface area contributed by atoms with Gasteiger partial charge in [0.15, 0.2) is 22.9 Å². The summed E-state index contributed by atoms with van der Waals surface area (Å²) in [6.45, 7) is 4.67. The monoisotopic (exact) mass is 884 g/mol. The van der Waals surface area contributed by atoms with E-state index in [0.29, 0.717) is 11.6 Å². The SMILES string of the molecule is CC1(C)c2ccccc2-c2ccc(-c3ccc(-c4cc(-c5nc6c(-c7ccccc7)cc(-c7ccccc7)cn6n5)cc(-c5nc6c(-c7ccccc7)cc(-c7ccccc7)cn6n5)c4)cc3)cc21. The van der Waals surface area contributed by atoms with Crippen molar-refractivity contribution in [3.8, 4) is 101 Å². The fourth-order valence-corrected chi connectivity index (χ4v) is 10.2. The molecule has 6 heteroatoms. The molecule has 0 amide bonds. The molecule has 326 valence electrons. The van der Waals surface area contributed by atoms with Crippen molar-refractivity contribution >= 4 is 11.3 Å². The number of hydrogen-bond acceptors (Lipinski definition) is 4. The van der Waals surface area contributed by atoms with Crippen LogP contribution in [0.1, 0.15) is 25.0 Å². The number of benzene rings is 8. The third kappa shape index (κ3) is 7.04. The first-order chi connectivity index (χ1) is 33.9. The van der Waals surface area contributed by atoms with E-state index in [2.05, 4.69) is 220 Å². The van der Waals surface area contributed by atoms with Crippen molar-refractivity contribution in [1.82, 2.24) is 29.2 Å². The Bertz CT molecular complexity index is 3710. The summed E-state index contributed by atoms with van der Waals surface area (Å²) in [7, 11) is 0. The fraction of sp³-hybridized carbons (Fsp3) is 0.0476. The number of pyridine rings is 2. The van der Waals surface area contributed by atoms with Crippen LogP contribution in [0.4, 0.5) is 0 Å². The van der Waals surface area contributed by atoms with E-state index in [1.807, 2.05) is 33.3 Å². The zero-order chi connectivity index (χ0) is 46.1. The van der Waals surface area contributed by atoms with Crippen molar-refractivity contribution in [2.24, 2.45) is 0 Å². The highest BCUT2D eigenvalue weighted by Gasteiger charge is 2.35. The molecule has 6 nitrogen and oxygen atoms in total. The van der Waals surface area contributed by atoms with Gasteiger partial charge in [0.2, 0.25) is 0 Å². The number of fused-ring (bicyclic) bond motifs is 5. The smallest absolute Gasteiger partial charge is 0.182 e. The predicted octanol–water partition coefficient (Wildman–Crippen LogP) is 15.4. The van der Waals surface area contributed by atoms with Crippen molar-refractivity contribution in [3.05, 3.63) is 242 Å². The van der Waals surface area contributed by atoms with Gasteiger partial charge in [0, 0.05) is 51.2 Å². The highest BCUT2D eigenvalue weighted by Crippen LogP contribution is 2.49. The number of nitrogens with zero attached hydrogens (tertiary/aromatic N) is 6. The molecule has 0 bridgehead atoms. The van der Waals surface area contributed by atoms with Gasteiger partial charge < -0.3 is 0 Å². The maximum atomic E-state index is 5.32. The van der Waals surface area contributed by atoms with Crippen molar-refractivity contribution in [1.29, 1.82) is 0 Å². The summed E-state index contributed by atoms with van der Waals surface area (Å²) in [5.74, 6) is 1.22. The van der Waals surface area contributed by atoms with Gasteiger partial charge in [-0.05, 0) is 103 Å². The lowest BCUT2D eigenvalue weighted by Crippen LogP contribution is -2.14. The first-order valence-corrected chi connectivity index (χ1v) is 23.4. The van der Waals surface area contributed by atoms with E-state index in [4.69, 9.17) is 20.2 Å². The molecule has 69 heavy (non-hydrogen) atoms. The van der Waals surface area contributed by atoms with Crippen LogP contribution in [-0.2, 0) is 5.41 Å². The Morgan fingerprint density at radius 2 is 0.681 bits per heavy atom. The minimum atomic E-state index is -0.0768. The molecular formula is C63H44N6. The summed E-state index contributed by atoms with van der Waals surface area (Å²) in [4.78, 5) is 10.6. The van der Waals surface area contributed by atoms with Gasteiger partial charge in [0.05, 0.1) is 0 Å². The predicted molar refractivity (Wildman–Crippen MR) is 281 cm³/mol. The van der Waals surface area contributed by atoms with Gasteiger partial charge >= 0.3 is 0 Å². The first-order valence-electron chi connectivity index (χ1n) is 23.4. The van der Waals surface area contributed by atoms with E-state index < -0.39 is 0 Å². The maximum absolute atomic E-state index is 5.32. The van der Waals surface area contributed by atoms with Gasteiger partial charge in [-0.1, -0.05) is 196 Å². The van der Waals surface area contributed by atoms with Crippen LogP contribution in [0.15, 0.2) is 231 Å². The maximum Gasteiger partial charge on any atom is 0.182 e. The third-order valence-corrected chi connectivity index (χ3v) is 13.8. The lowest BCUT2D eigenvalue weighted by molar-refractivity contribution is 0.660. The molecule has 0 fully saturated rings. The number of hydrogen-bond donors (Lipinski definition) is 0. The summed E-state index contributed by atoms with van der Waals surface area (Å²) >= 11 is 0. The van der Waals surface area contributed by atoms with Crippen LogP contribution in [0.2, 0.25) is 0 Å².